The number of nitrogens with zero attached hydrogens (tertiary/aromatic N) is 1. The van der Waals surface area contributed by atoms with Gasteiger partial charge in [0.15, 0.2) is 11.3 Å². The van der Waals surface area contributed by atoms with Gasteiger partial charge in [0, 0.05) is 23.2 Å². The van der Waals surface area contributed by atoms with Crippen molar-refractivity contribution >= 4 is 28.9 Å². The molecule has 2 aliphatic rings. The molecule has 3 nitrogen and oxygen atoms in total. The topological polar surface area (TPSA) is 24.5 Å². The maximum atomic E-state index is 6.30. The summed E-state index contributed by atoms with van der Waals surface area (Å²) in [4.78, 5) is 2.12. The van der Waals surface area contributed by atoms with E-state index in [0.29, 0.717) is 12.6 Å². The Balaban J connectivity index is 1.68. The summed E-state index contributed by atoms with van der Waals surface area (Å²) in [7, 11) is 0. The van der Waals surface area contributed by atoms with Crippen molar-refractivity contribution in [3.05, 3.63) is 34.9 Å². The van der Waals surface area contributed by atoms with Crippen LogP contribution in [0.5, 0.6) is 0 Å². The molecule has 1 heterocycles. The average Bonchev–Trinajstić information content (AvgIpc) is 2.98. The van der Waals surface area contributed by atoms with Crippen LogP contribution >= 0.6 is 23.8 Å². The Hall–Kier alpha value is -0.840. The van der Waals surface area contributed by atoms with Crippen molar-refractivity contribution in [3.8, 4) is 0 Å². The summed E-state index contributed by atoms with van der Waals surface area (Å²) in [5, 5.41) is 5.04. The second-order valence-electron chi connectivity index (χ2n) is 5.72. The lowest BCUT2D eigenvalue weighted by Crippen LogP contribution is -2.45. The SMILES string of the molecule is S=C(NC1CCCCC1)N1CCOC1c1ccccc1Cl. The minimum absolute atomic E-state index is 0.165. The lowest BCUT2D eigenvalue weighted by Gasteiger charge is -2.31. The summed E-state index contributed by atoms with van der Waals surface area (Å²) < 4.78 is 5.86. The molecule has 0 radical (unpaired) electrons. The van der Waals surface area contributed by atoms with E-state index in [1.165, 1.54) is 32.1 Å². The van der Waals surface area contributed by atoms with E-state index in [0.717, 1.165) is 22.2 Å². The molecule has 1 unspecified atom stereocenters. The van der Waals surface area contributed by atoms with Crippen LogP contribution in [-0.2, 0) is 4.74 Å². The van der Waals surface area contributed by atoms with Crippen LogP contribution in [-0.4, -0.2) is 29.2 Å². The number of ether oxygens (including phenoxy) is 1. The van der Waals surface area contributed by atoms with Gasteiger partial charge in [-0.15, -0.1) is 0 Å². The van der Waals surface area contributed by atoms with Crippen molar-refractivity contribution in [2.75, 3.05) is 13.2 Å². The van der Waals surface area contributed by atoms with Gasteiger partial charge in [-0.05, 0) is 31.1 Å². The molecule has 114 valence electrons. The fraction of sp³-hybridized carbons (Fsp3) is 0.562. The Labute approximate surface area is 136 Å². The highest BCUT2D eigenvalue weighted by Crippen LogP contribution is 2.32. The molecule has 0 bridgehead atoms. The van der Waals surface area contributed by atoms with E-state index in [-0.39, 0.29) is 6.23 Å². The predicted octanol–water partition coefficient (Wildman–Crippen LogP) is 3.88. The van der Waals surface area contributed by atoms with Crippen molar-refractivity contribution in [2.24, 2.45) is 0 Å². The summed E-state index contributed by atoms with van der Waals surface area (Å²) >= 11 is 11.9. The van der Waals surface area contributed by atoms with Gasteiger partial charge >= 0.3 is 0 Å². The molecule has 0 spiro atoms. The molecule has 5 heteroatoms. The average molecular weight is 325 g/mol. The van der Waals surface area contributed by atoms with Crippen molar-refractivity contribution < 1.29 is 4.74 Å². The molecule has 0 aromatic heterocycles. The maximum absolute atomic E-state index is 6.30. The van der Waals surface area contributed by atoms with Crippen molar-refractivity contribution in [3.63, 3.8) is 0 Å². The van der Waals surface area contributed by atoms with Crippen LogP contribution in [0.15, 0.2) is 24.3 Å². The normalized spacial score (nSPS) is 23.3. The number of thiocarbonyl (C=S) groups is 1. The Morgan fingerprint density at radius 2 is 2.00 bits per heavy atom. The molecule has 1 aliphatic heterocycles. The fourth-order valence-electron chi connectivity index (χ4n) is 3.12. The Morgan fingerprint density at radius 3 is 2.76 bits per heavy atom. The zero-order valence-electron chi connectivity index (χ0n) is 12.1. The molecule has 2 fully saturated rings. The zero-order chi connectivity index (χ0) is 14.7. The van der Waals surface area contributed by atoms with Gasteiger partial charge in [-0.2, -0.15) is 0 Å². The van der Waals surface area contributed by atoms with Crippen LogP contribution in [0.1, 0.15) is 43.9 Å². The van der Waals surface area contributed by atoms with Gasteiger partial charge in [0.05, 0.1) is 6.61 Å². The smallest absolute Gasteiger partial charge is 0.171 e. The first-order chi connectivity index (χ1) is 10.3. The standard InChI is InChI=1S/C16H21ClN2OS/c17-14-9-5-4-8-13(14)15-19(10-11-20-15)16(21)18-12-6-2-1-3-7-12/h4-5,8-9,12,15H,1-3,6-7,10-11H2,(H,18,21). The Bertz CT molecular complexity index is 505. The third-order valence-corrected chi connectivity index (χ3v) is 4.95. The summed E-state index contributed by atoms with van der Waals surface area (Å²) in [6, 6.07) is 8.34. The van der Waals surface area contributed by atoms with Crippen LogP contribution in [0.2, 0.25) is 5.02 Å². The molecule has 1 aliphatic carbocycles. The summed E-state index contributed by atoms with van der Waals surface area (Å²) in [5.41, 5.74) is 0.990. The van der Waals surface area contributed by atoms with E-state index in [1.807, 2.05) is 24.3 Å². The number of rotatable bonds is 2. The maximum Gasteiger partial charge on any atom is 0.171 e. The van der Waals surface area contributed by atoms with Crippen LogP contribution in [0.4, 0.5) is 0 Å². The molecule has 21 heavy (non-hydrogen) atoms. The quantitative estimate of drug-likeness (QED) is 0.834. The molecule has 1 N–H and O–H groups in total. The largest absolute Gasteiger partial charge is 0.360 e. The lowest BCUT2D eigenvalue weighted by atomic mass is 9.96. The van der Waals surface area contributed by atoms with Gasteiger partial charge in [0.2, 0.25) is 0 Å². The highest BCUT2D eigenvalue weighted by atomic mass is 35.5. The number of hydrogen-bond donors (Lipinski definition) is 1. The second-order valence-corrected chi connectivity index (χ2v) is 6.52. The van der Waals surface area contributed by atoms with E-state index in [9.17, 15) is 0 Å². The molecule has 3 rings (SSSR count). The number of halogens is 1. The summed E-state index contributed by atoms with van der Waals surface area (Å²) in [5.74, 6) is 0. The monoisotopic (exact) mass is 324 g/mol. The molecule has 1 aromatic carbocycles. The molecular formula is C16H21ClN2OS. The van der Waals surface area contributed by atoms with E-state index < -0.39 is 0 Å². The predicted molar refractivity (Wildman–Crippen MR) is 89.5 cm³/mol. The van der Waals surface area contributed by atoms with E-state index in [4.69, 9.17) is 28.6 Å². The summed E-state index contributed by atoms with van der Waals surface area (Å²) in [6.07, 6.45) is 6.20. The molecule has 1 aromatic rings. The highest BCUT2D eigenvalue weighted by molar-refractivity contribution is 7.80. The molecular weight excluding hydrogens is 304 g/mol. The van der Waals surface area contributed by atoms with Crippen molar-refractivity contribution in [2.45, 2.75) is 44.4 Å². The molecule has 0 amide bonds. The number of hydrogen-bond acceptors (Lipinski definition) is 2. The van der Waals surface area contributed by atoms with Crippen LogP contribution in [0.3, 0.4) is 0 Å². The molecule has 1 saturated carbocycles. The van der Waals surface area contributed by atoms with Gasteiger partial charge in [-0.1, -0.05) is 49.1 Å². The van der Waals surface area contributed by atoms with Crippen molar-refractivity contribution in [1.82, 2.24) is 10.2 Å². The van der Waals surface area contributed by atoms with E-state index in [1.54, 1.807) is 0 Å². The van der Waals surface area contributed by atoms with Gasteiger partial charge in [-0.25, -0.2) is 0 Å². The summed E-state index contributed by atoms with van der Waals surface area (Å²) in [6.45, 7) is 1.50. The first-order valence-electron chi connectivity index (χ1n) is 7.69. The van der Waals surface area contributed by atoms with Crippen LogP contribution in [0, 0.1) is 0 Å². The molecule has 1 atom stereocenters. The van der Waals surface area contributed by atoms with Crippen LogP contribution < -0.4 is 5.32 Å². The Kier molecular flexibility index (Phi) is 4.99. The van der Waals surface area contributed by atoms with Crippen LogP contribution in [0.25, 0.3) is 0 Å². The van der Waals surface area contributed by atoms with Gasteiger partial charge in [0.25, 0.3) is 0 Å². The second kappa shape index (κ2) is 6.95. The van der Waals surface area contributed by atoms with Gasteiger partial charge < -0.3 is 15.0 Å². The minimum atomic E-state index is -0.165. The van der Waals surface area contributed by atoms with Gasteiger partial charge in [0.1, 0.15) is 0 Å². The third kappa shape index (κ3) is 3.50. The lowest BCUT2D eigenvalue weighted by molar-refractivity contribution is 0.0626. The number of benzene rings is 1. The number of nitrogens with one attached hydrogen (secondary N) is 1. The van der Waals surface area contributed by atoms with E-state index in [2.05, 4.69) is 10.2 Å². The van der Waals surface area contributed by atoms with Gasteiger partial charge in [-0.3, -0.25) is 0 Å². The zero-order valence-corrected chi connectivity index (χ0v) is 13.6. The highest BCUT2D eigenvalue weighted by Gasteiger charge is 2.31. The third-order valence-electron chi connectivity index (χ3n) is 4.26. The first kappa shape index (κ1) is 15.1. The molecule has 1 saturated heterocycles. The Morgan fingerprint density at radius 1 is 1.24 bits per heavy atom. The fourth-order valence-corrected chi connectivity index (χ4v) is 3.70. The van der Waals surface area contributed by atoms with Crippen molar-refractivity contribution in [1.29, 1.82) is 0 Å². The minimum Gasteiger partial charge on any atom is -0.360 e. The first-order valence-corrected chi connectivity index (χ1v) is 8.47. The van der Waals surface area contributed by atoms with E-state index >= 15 is 0 Å².